The van der Waals surface area contributed by atoms with E-state index >= 15 is 0 Å². The Bertz CT molecular complexity index is 705. The number of hydrogen-bond donors (Lipinski definition) is 1. The molecule has 2 aromatic rings. The van der Waals surface area contributed by atoms with Gasteiger partial charge in [-0.1, -0.05) is 11.6 Å². The summed E-state index contributed by atoms with van der Waals surface area (Å²) in [5, 5.41) is 3.03. The van der Waals surface area contributed by atoms with Crippen molar-refractivity contribution in [3.8, 4) is 0 Å². The number of hydrogen-bond acceptors (Lipinski definition) is 7. The number of anilines is 1. The summed E-state index contributed by atoms with van der Waals surface area (Å²) in [6.07, 6.45) is 3.74. The van der Waals surface area contributed by atoms with E-state index < -0.39 is 0 Å². The van der Waals surface area contributed by atoms with Crippen LogP contribution in [0.3, 0.4) is 0 Å². The topological polar surface area (TPSA) is 89.7 Å². The molecule has 2 aromatic heterocycles. The standard InChI is InChI=1S/C17H21ClN4O4/c18-14-11-20-17(22-5-9-24-10-6-22)21-15(14)16(23)19-4-2-7-25-12-13-3-1-8-26-13/h1,3,8,11H,2,4-7,9-10,12H2,(H,19,23). The number of carbonyl (C=O) groups is 1. The quantitative estimate of drug-likeness (QED) is 0.699. The maximum Gasteiger partial charge on any atom is 0.271 e. The fourth-order valence-electron chi connectivity index (χ4n) is 2.46. The lowest BCUT2D eigenvalue weighted by Gasteiger charge is -2.26. The molecule has 26 heavy (non-hydrogen) atoms. The molecule has 0 aliphatic carbocycles. The molecule has 0 radical (unpaired) electrons. The molecule has 0 aromatic carbocycles. The van der Waals surface area contributed by atoms with Crippen molar-refractivity contribution in [2.75, 3.05) is 44.4 Å². The largest absolute Gasteiger partial charge is 0.467 e. The smallest absolute Gasteiger partial charge is 0.271 e. The molecular weight excluding hydrogens is 360 g/mol. The molecule has 1 fully saturated rings. The Morgan fingerprint density at radius 2 is 2.23 bits per heavy atom. The van der Waals surface area contributed by atoms with Gasteiger partial charge < -0.3 is 24.1 Å². The van der Waals surface area contributed by atoms with Crippen molar-refractivity contribution in [1.82, 2.24) is 15.3 Å². The third-order valence-electron chi connectivity index (χ3n) is 3.82. The fourth-order valence-corrected chi connectivity index (χ4v) is 2.64. The van der Waals surface area contributed by atoms with Crippen molar-refractivity contribution < 1.29 is 18.7 Å². The summed E-state index contributed by atoms with van der Waals surface area (Å²) in [4.78, 5) is 22.8. The maximum absolute atomic E-state index is 12.3. The third kappa shape index (κ3) is 5.17. The number of halogens is 1. The average molecular weight is 381 g/mol. The van der Waals surface area contributed by atoms with Crippen LogP contribution in [-0.2, 0) is 16.1 Å². The Balaban J connectivity index is 1.44. The molecular formula is C17H21ClN4O4. The number of carbonyl (C=O) groups excluding carboxylic acids is 1. The van der Waals surface area contributed by atoms with Crippen LogP contribution in [0.15, 0.2) is 29.0 Å². The van der Waals surface area contributed by atoms with Crippen molar-refractivity contribution in [3.63, 3.8) is 0 Å². The number of rotatable bonds is 8. The van der Waals surface area contributed by atoms with Gasteiger partial charge in [0.15, 0.2) is 5.69 Å². The molecule has 1 amide bonds. The van der Waals surface area contributed by atoms with Crippen LogP contribution in [0.1, 0.15) is 22.7 Å². The Hall–Kier alpha value is -2.16. The molecule has 9 heteroatoms. The predicted molar refractivity (Wildman–Crippen MR) is 95.4 cm³/mol. The zero-order valence-electron chi connectivity index (χ0n) is 14.3. The highest BCUT2D eigenvalue weighted by Crippen LogP contribution is 2.17. The first-order valence-electron chi connectivity index (χ1n) is 8.47. The van der Waals surface area contributed by atoms with Gasteiger partial charge in [-0.15, -0.1) is 0 Å². The minimum absolute atomic E-state index is 0.180. The van der Waals surface area contributed by atoms with Gasteiger partial charge in [-0.05, 0) is 18.6 Å². The average Bonchev–Trinajstić information content (AvgIpc) is 3.19. The lowest BCUT2D eigenvalue weighted by atomic mass is 10.3. The second-order valence-electron chi connectivity index (χ2n) is 5.71. The van der Waals surface area contributed by atoms with E-state index in [2.05, 4.69) is 15.3 Å². The number of aromatic nitrogens is 2. The summed E-state index contributed by atoms with van der Waals surface area (Å²) in [5.74, 6) is 0.944. The van der Waals surface area contributed by atoms with E-state index in [0.29, 0.717) is 58.4 Å². The second-order valence-corrected chi connectivity index (χ2v) is 6.11. The minimum Gasteiger partial charge on any atom is -0.467 e. The van der Waals surface area contributed by atoms with Gasteiger partial charge in [0.1, 0.15) is 12.4 Å². The number of nitrogens with one attached hydrogen (secondary N) is 1. The van der Waals surface area contributed by atoms with Gasteiger partial charge in [0.25, 0.3) is 5.91 Å². The van der Waals surface area contributed by atoms with Crippen LogP contribution in [0.4, 0.5) is 5.95 Å². The van der Waals surface area contributed by atoms with Gasteiger partial charge in [0, 0.05) is 26.2 Å². The molecule has 1 aliphatic rings. The van der Waals surface area contributed by atoms with E-state index in [4.69, 9.17) is 25.5 Å². The molecule has 1 N–H and O–H groups in total. The predicted octanol–water partition coefficient (Wildman–Crippen LogP) is 1.90. The number of morpholine rings is 1. The first-order chi connectivity index (χ1) is 12.7. The summed E-state index contributed by atoms with van der Waals surface area (Å²) in [6.45, 7) is 4.01. The fraction of sp³-hybridized carbons (Fsp3) is 0.471. The molecule has 1 aliphatic heterocycles. The maximum atomic E-state index is 12.3. The van der Waals surface area contributed by atoms with Crippen LogP contribution in [0.25, 0.3) is 0 Å². The molecule has 0 bridgehead atoms. The Labute approximate surface area is 156 Å². The van der Waals surface area contributed by atoms with E-state index in [-0.39, 0.29) is 16.6 Å². The lowest BCUT2D eigenvalue weighted by molar-refractivity contribution is 0.0913. The summed E-state index contributed by atoms with van der Waals surface area (Å²) in [5.41, 5.74) is 0.180. The third-order valence-corrected chi connectivity index (χ3v) is 4.09. The molecule has 0 atom stereocenters. The summed E-state index contributed by atoms with van der Waals surface area (Å²) in [7, 11) is 0. The van der Waals surface area contributed by atoms with E-state index in [1.165, 1.54) is 6.20 Å². The molecule has 140 valence electrons. The minimum atomic E-state index is -0.321. The van der Waals surface area contributed by atoms with Gasteiger partial charge in [-0.2, -0.15) is 0 Å². The summed E-state index contributed by atoms with van der Waals surface area (Å²) >= 11 is 6.09. The SMILES string of the molecule is O=C(NCCCOCc1ccco1)c1nc(N2CCOCC2)ncc1Cl. The lowest BCUT2D eigenvalue weighted by Crippen LogP contribution is -2.38. The molecule has 0 unspecified atom stereocenters. The van der Waals surface area contributed by atoms with Crippen molar-refractivity contribution in [3.05, 3.63) is 41.1 Å². The van der Waals surface area contributed by atoms with E-state index in [1.807, 2.05) is 17.0 Å². The van der Waals surface area contributed by atoms with E-state index in [9.17, 15) is 4.79 Å². The van der Waals surface area contributed by atoms with Crippen LogP contribution in [0.2, 0.25) is 5.02 Å². The normalized spacial score (nSPS) is 14.4. The highest BCUT2D eigenvalue weighted by atomic mass is 35.5. The Morgan fingerprint density at radius 3 is 3.00 bits per heavy atom. The van der Waals surface area contributed by atoms with Crippen LogP contribution in [0.5, 0.6) is 0 Å². The zero-order chi connectivity index (χ0) is 18.2. The van der Waals surface area contributed by atoms with Gasteiger partial charge >= 0.3 is 0 Å². The van der Waals surface area contributed by atoms with Gasteiger partial charge in [-0.25, -0.2) is 9.97 Å². The molecule has 1 saturated heterocycles. The monoisotopic (exact) mass is 380 g/mol. The number of amides is 1. The molecule has 8 nitrogen and oxygen atoms in total. The second kappa shape index (κ2) is 9.51. The van der Waals surface area contributed by atoms with Gasteiger partial charge in [0.2, 0.25) is 5.95 Å². The van der Waals surface area contributed by atoms with Crippen LogP contribution >= 0.6 is 11.6 Å². The molecule has 3 rings (SSSR count). The van der Waals surface area contributed by atoms with Crippen LogP contribution in [0, 0.1) is 0 Å². The number of ether oxygens (including phenoxy) is 2. The van der Waals surface area contributed by atoms with Gasteiger partial charge in [0.05, 0.1) is 30.7 Å². The highest BCUT2D eigenvalue weighted by Gasteiger charge is 2.18. The summed E-state index contributed by atoms with van der Waals surface area (Å²) < 4.78 is 16.0. The summed E-state index contributed by atoms with van der Waals surface area (Å²) in [6, 6.07) is 3.67. The first kappa shape index (κ1) is 18.6. The van der Waals surface area contributed by atoms with Crippen LogP contribution in [-0.4, -0.2) is 55.3 Å². The van der Waals surface area contributed by atoms with Crippen molar-refractivity contribution >= 4 is 23.5 Å². The van der Waals surface area contributed by atoms with Crippen molar-refractivity contribution in [2.45, 2.75) is 13.0 Å². The highest BCUT2D eigenvalue weighted by molar-refractivity contribution is 6.33. The molecule has 0 spiro atoms. The van der Waals surface area contributed by atoms with E-state index in [0.717, 1.165) is 5.76 Å². The van der Waals surface area contributed by atoms with Gasteiger partial charge in [-0.3, -0.25) is 4.79 Å². The van der Waals surface area contributed by atoms with Crippen molar-refractivity contribution in [2.24, 2.45) is 0 Å². The Kier molecular flexibility index (Phi) is 6.82. The molecule has 0 saturated carbocycles. The van der Waals surface area contributed by atoms with Crippen LogP contribution < -0.4 is 10.2 Å². The Morgan fingerprint density at radius 1 is 1.38 bits per heavy atom. The number of furan rings is 1. The van der Waals surface area contributed by atoms with Crippen molar-refractivity contribution in [1.29, 1.82) is 0 Å². The number of nitrogens with zero attached hydrogens (tertiary/aromatic N) is 3. The van der Waals surface area contributed by atoms with E-state index in [1.54, 1.807) is 6.26 Å². The first-order valence-corrected chi connectivity index (χ1v) is 8.85. The zero-order valence-corrected chi connectivity index (χ0v) is 15.1. The molecule has 3 heterocycles.